The Morgan fingerprint density at radius 2 is 0.857 bits per heavy atom. The lowest BCUT2D eigenvalue weighted by Gasteiger charge is -2.40. The summed E-state index contributed by atoms with van der Waals surface area (Å²) in [7, 11) is 0. The van der Waals surface area contributed by atoms with Gasteiger partial charge in [-0.15, -0.1) is 0 Å². The number of rotatable bonds is 50. The molecule has 1 heterocycles. The van der Waals surface area contributed by atoms with Crippen molar-refractivity contribution in [3.8, 4) is 0 Å². The molecule has 0 aromatic rings. The molecule has 0 bridgehead atoms. The van der Waals surface area contributed by atoms with Gasteiger partial charge in [-0.2, -0.15) is 0 Å². The molecule has 0 aromatic carbocycles. The summed E-state index contributed by atoms with van der Waals surface area (Å²) in [4.78, 5) is 13.2. The van der Waals surface area contributed by atoms with Gasteiger partial charge in [0.1, 0.15) is 36.6 Å². The standard InChI is InChI=1S/C59H111NO10/c1-3-5-7-9-11-13-15-17-19-21-22-23-24-25-26-27-28-29-30-31-33-35-37-39-41-43-45-47-52(63)58(68)60-50(49-69-59-57(67)56(66)55(65)53(48-61)70-59)54(64)51(62)46-44-42-40-38-36-34-32-20-18-16-14-12-10-8-6-4-2/h20,25-26,32,38,40,50-57,59,61-67H,3-19,21-24,27-31,33-37,39,41-49H2,1-2H3,(H,60,68)/b26-25-,32-20+,40-38+. The number of aliphatic hydroxyl groups excluding tert-OH is 7. The second-order valence-electron chi connectivity index (χ2n) is 20.7. The van der Waals surface area contributed by atoms with Gasteiger partial charge >= 0.3 is 0 Å². The van der Waals surface area contributed by atoms with E-state index in [0.29, 0.717) is 19.3 Å². The summed E-state index contributed by atoms with van der Waals surface area (Å²) >= 11 is 0. The van der Waals surface area contributed by atoms with Crippen molar-refractivity contribution in [1.82, 2.24) is 5.32 Å². The molecule has 1 aliphatic heterocycles. The number of hydrogen-bond acceptors (Lipinski definition) is 10. The number of allylic oxidation sites excluding steroid dienone is 6. The molecule has 70 heavy (non-hydrogen) atoms. The molecule has 1 amide bonds. The molecule has 0 aliphatic carbocycles. The molecule has 1 rings (SSSR count). The van der Waals surface area contributed by atoms with E-state index >= 15 is 0 Å². The van der Waals surface area contributed by atoms with Crippen LogP contribution < -0.4 is 5.32 Å². The predicted octanol–water partition coefficient (Wildman–Crippen LogP) is 12.3. The fourth-order valence-corrected chi connectivity index (χ4v) is 9.34. The third kappa shape index (κ3) is 36.3. The summed E-state index contributed by atoms with van der Waals surface area (Å²) in [5, 5.41) is 76.0. The highest BCUT2D eigenvalue weighted by Crippen LogP contribution is 2.23. The van der Waals surface area contributed by atoms with Crippen molar-refractivity contribution in [2.45, 2.75) is 319 Å². The van der Waals surface area contributed by atoms with Crippen LogP contribution in [0.15, 0.2) is 36.5 Å². The Morgan fingerprint density at radius 1 is 0.486 bits per heavy atom. The molecule has 0 aromatic heterocycles. The Hall–Kier alpha value is -1.67. The normalized spacial score (nSPS) is 20.5. The SMILES string of the molecule is CCCCCCCCC/C=C/CC/C=C/CCCC(O)C(O)C(COC1OC(CO)C(O)C(O)C1O)NC(=O)C(O)CCCCCCCCCCCCC/C=C\CCCCCCCCCCCCCC. The molecular weight excluding hydrogens is 883 g/mol. The largest absolute Gasteiger partial charge is 0.394 e. The quantitative estimate of drug-likeness (QED) is 0.0215. The second-order valence-corrected chi connectivity index (χ2v) is 20.7. The third-order valence-electron chi connectivity index (χ3n) is 14.1. The number of ether oxygens (including phenoxy) is 2. The number of aliphatic hydroxyl groups is 7. The van der Waals surface area contributed by atoms with Crippen LogP contribution in [0.5, 0.6) is 0 Å². The van der Waals surface area contributed by atoms with Gasteiger partial charge in [0.2, 0.25) is 5.91 Å². The van der Waals surface area contributed by atoms with Gasteiger partial charge in [0.25, 0.3) is 0 Å². The molecule has 11 heteroatoms. The lowest BCUT2D eigenvalue weighted by Crippen LogP contribution is -2.60. The maximum Gasteiger partial charge on any atom is 0.249 e. The van der Waals surface area contributed by atoms with E-state index < -0.39 is 74.2 Å². The van der Waals surface area contributed by atoms with E-state index in [1.807, 2.05) is 0 Å². The Balaban J connectivity index is 2.29. The molecule has 0 saturated carbocycles. The van der Waals surface area contributed by atoms with Gasteiger partial charge in [0.05, 0.1) is 25.4 Å². The van der Waals surface area contributed by atoms with Crippen LogP contribution in [0.1, 0.15) is 264 Å². The van der Waals surface area contributed by atoms with Crippen molar-refractivity contribution < 1.29 is 50.0 Å². The lowest BCUT2D eigenvalue weighted by molar-refractivity contribution is -0.303. The van der Waals surface area contributed by atoms with Gasteiger partial charge in [0, 0.05) is 0 Å². The number of carbonyl (C=O) groups excluding carboxylic acids is 1. The minimum Gasteiger partial charge on any atom is -0.394 e. The number of unbranched alkanes of at least 4 members (excludes halogenated alkanes) is 32. The topological polar surface area (TPSA) is 189 Å². The van der Waals surface area contributed by atoms with Crippen molar-refractivity contribution in [2.75, 3.05) is 13.2 Å². The van der Waals surface area contributed by atoms with E-state index in [9.17, 15) is 40.5 Å². The van der Waals surface area contributed by atoms with Crippen LogP contribution in [-0.2, 0) is 14.3 Å². The first-order chi connectivity index (χ1) is 34.2. The summed E-state index contributed by atoms with van der Waals surface area (Å²) < 4.78 is 11.1. The molecule has 1 aliphatic rings. The van der Waals surface area contributed by atoms with Crippen LogP contribution in [0.3, 0.4) is 0 Å². The summed E-state index contributed by atoms with van der Waals surface area (Å²) in [6.45, 7) is 3.45. The van der Waals surface area contributed by atoms with E-state index in [-0.39, 0.29) is 12.8 Å². The molecule has 11 nitrogen and oxygen atoms in total. The summed E-state index contributed by atoms with van der Waals surface area (Å²) in [6.07, 6.45) is 47.8. The third-order valence-corrected chi connectivity index (χ3v) is 14.1. The summed E-state index contributed by atoms with van der Waals surface area (Å²) in [5.41, 5.74) is 0. The van der Waals surface area contributed by atoms with Gasteiger partial charge < -0.3 is 50.5 Å². The minimum absolute atomic E-state index is 0.246. The maximum atomic E-state index is 13.2. The van der Waals surface area contributed by atoms with Crippen molar-refractivity contribution in [3.05, 3.63) is 36.5 Å². The van der Waals surface area contributed by atoms with E-state index in [0.717, 1.165) is 38.5 Å². The highest BCUT2D eigenvalue weighted by atomic mass is 16.7. The number of amides is 1. The zero-order chi connectivity index (χ0) is 51.1. The molecule has 0 radical (unpaired) electrons. The summed E-state index contributed by atoms with van der Waals surface area (Å²) in [6, 6.07) is -1.19. The van der Waals surface area contributed by atoms with Crippen molar-refractivity contribution in [2.24, 2.45) is 0 Å². The van der Waals surface area contributed by atoms with Crippen LogP contribution in [0.2, 0.25) is 0 Å². The highest BCUT2D eigenvalue weighted by Gasteiger charge is 2.44. The molecule has 1 fully saturated rings. The lowest BCUT2D eigenvalue weighted by atomic mass is 9.98. The first kappa shape index (κ1) is 66.3. The number of hydrogen-bond donors (Lipinski definition) is 8. The number of nitrogens with one attached hydrogen (secondary N) is 1. The molecule has 412 valence electrons. The average molecular weight is 995 g/mol. The van der Waals surface area contributed by atoms with Crippen LogP contribution in [0.4, 0.5) is 0 Å². The highest BCUT2D eigenvalue weighted by molar-refractivity contribution is 5.80. The Labute approximate surface area is 428 Å². The van der Waals surface area contributed by atoms with Gasteiger partial charge in [-0.1, -0.05) is 224 Å². The van der Waals surface area contributed by atoms with Crippen LogP contribution in [0, 0.1) is 0 Å². The first-order valence-electron chi connectivity index (χ1n) is 29.4. The second kappa shape index (κ2) is 48.3. The summed E-state index contributed by atoms with van der Waals surface area (Å²) in [5.74, 6) is -0.709. The van der Waals surface area contributed by atoms with Gasteiger partial charge in [-0.25, -0.2) is 0 Å². The van der Waals surface area contributed by atoms with Gasteiger partial charge in [-0.05, 0) is 77.0 Å². The Morgan fingerprint density at radius 3 is 1.27 bits per heavy atom. The number of carbonyl (C=O) groups is 1. The maximum absolute atomic E-state index is 13.2. The molecule has 1 saturated heterocycles. The molecular formula is C59H111NO10. The zero-order valence-electron chi connectivity index (χ0n) is 45.0. The smallest absolute Gasteiger partial charge is 0.249 e. The van der Waals surface area contributed by atoms with Gasteiger partial charge in [0.15, 0.2) is 6.29 Å². The van der Waals surface area contributed by atoms with E-state index in [4.69, 9.17) is 9.47 Å². The van der Waals surface area contributed by atoms with Crippen molar-refractivity contribution >= 4 is 5.91 Å². The van der Waals surface area contributed by atoms with Crippen molar-refractivity contribution in [3.63, 3.8) is 0 Å². The predicted molar refractivity (Wildman–Crippen MR) is 289 cm³/mol. The molecule has 8 N–H and O–H groups in total. The average Bonchev–Trinajstić information content (AvgIpc) is 3.36. The van der Waals surface area contributed by atoms with E-state index in [1.54, 1.807) is 0 Å². The molecule has 0 spiro atoms. The minimum atomic E-state index is -1.67. The van der Waals surface area contributed by atoms with Crippen LogP contribution in [-0.4, -0.2) is 110 Å². The fourth-order valence-electron chi connectivity index (χ4n) is 9.34. The fraction of sp³-hybridized carbons (Fsp3) is 0.881. The Kier molecular flexibility index (Phi) is 45.8. The van der Waals surface area contributed by atoms with E-state index in [1.165, 1.54) is 180 Å². The monoisotopic (exact) mass is 994 g/mol. The van der Waals surface area contributed by atoms with Gasteiger partial charge in [-0.3, -0.25) is 4.79 Å². The van der Waals surface area contributed by atoms with Crippen LogP contribution >= 0.6 is 0 Å². The van der Waals surface area contributed by atoms with Crippen LogP contribution in [0.25, 0.3) is 0 Å². The van der Waals surface area contributed by atoms with E-state index in [2.05, 4.69) is 55.6 Å². The molecule has 9 unspecified atom stereocenters. The zero-order valence-corrected chi connectivity index (χ0v) is 45.0. The first-order valence-corrected chi connectivity index (χ1v) is 29.4. The Bertz CT molecular complexity index is 1230. The van der Waals surface area contributed by atoms with Crippen molar-refractivity contribution in [1.29, 1.82) is 0 Å². The molecule has 9 atom stereocenters.